The van der Waals surface area contributed by atoms with Crippen LogP contribution < -0.4 is 10.1 Å². The quantitative estimate of drug-likeness (QED) is 0.900. The molecule has 1 saturated heterocycles. The first kappa shape index (κ1) is 15.1. The molecule has 1 aromatic carbocycles. The molecule has 1 heterocycles. The molecule has 1 aliphatic heterocycles. The molecule has 1 fully saturated rings. The summed E-state index contributed by atoms with van der Waals surface area (Å²) >= 11 is 0. The minimum Gasteiger partial charge on any atom is -0.497 e. The molecular weight excluding hydrogens is 276 g/mol. The molecule has 0 spiro atoms. The zero-order valence-electron chi connectivity index (χ0n) is 12.0. The van der Waals surface area contributed by atoms with E-state index in [9.17, 15) is 8.42 Å². The lowest BCUT2D eigenvalue weighted by Gasteiger charge is -2.31. The number of hydrogen-bond donors (Lipinski definition) is 1. The van der Waals surface area contributed by atoms with Crippen molar-refractivity contribution in [2.45, 2.75) is 12.8 Å². The van der Waals surface area contributed by atoms with Crippen molar-refractivity contribution in [2.24, 2.45) is 5.92 Å². The molecule has 0 aliphatic carbocycles. The van der Waals surface area contributed by atoms with Crippen LogP contribution in [0.15, 0.2) is 24.3 Å². The highest BCUT2D eigenvalue weighted by molar-refractivity contribution is 7.88. The van der Waals surface area contributed by atoms with E-state index in [2.05, 4.69) is 5.32 Å². The zero-order chi connectivity index (χ0) is 14.6. The first-order valence-electron chi connectivity index (χ1n) is 6.82. The highest BCUT2D eigenvalue weighted by Crippen LogP contribution is 2.21. The second-order valence-electron chi connectivity index (χ2n) is 5.24. The molecule has 1 aromatic rings. The zero-order valence-corrected chi connectivity index (χ0v) is 12.8. The van der Waals surface area contributed by atoms with Gasteiger partial charge in [-0.3, -0.25) is 0 Å². The molecule has 1 aliphatic rings. The van der Waals surface area contributed by atoms with Crippen molar-refractivity contribution in [3.8, 4) is 5.75 Å². The summed E-state index contributed by atoms with van der Waals surface area (Å²) in [5.74, 6) is 1.17. The van der Waals surface area contributed by atoms with Crippen LogP contribution in [0.25, 0.3) is 0 Å². The van der Waals surface area contributed by atoms with E-state index in [1.807, 2.05) is 24.3 Å². The molecule has 0 radical (unpaired) electrons. The van der Waals surface area contributed by atoms with Gasteiger partial charge >= 0.3 is 0 Å². The predicted octanol–water partition coefficient (Wildman–Crippen LogP) is 1.78. The Morgan fingerprint density at radius 2 is 2.25 bits per heavy atom. The van der Waals surface area contributed by atoms with Crippen LogP contribution in [0, 0.1) is 5.92 Å². The van der Waals surface area contributed by atoms with Crippen molar-refractivity contribution in [1.82, 2.24) is 4.31 Å². The topological polar surface area (TPSA) is 58.6 Å². The van der Waals surface area contributed by atoms with Gasteiger partial charge in [0, 0.05) is 31.4 Å². The number of ether oxygens (including phenoxy) is 1. The van der Waals surface area contributed by atoms with E-state index in [4.69, 9.17) is 4.74 Å². The van der Waals surface area contributed by atoms with Crippen LogP contribution in [0.5, 0.6) is 5.75 Å². The van der Waals surface area contributed by atoms with Crippen LogP contribution in [-0.4, -0.2) is 45.7 Å². The van der Waals surface area contributed by atoms with E-state index in [-0.39, 0.29) is 0 Å². The van der Waals surface area contributed by atoms with E-state index >= 15 is 0 Å². The van der Waals surface area contributed by atoms with E-state index < -0.39 is 10.0 Å². The minimum atomic E-state index is -3.07. The van der Waals surface area contributed by atoms with Gasteiger partial charge in [-0.05, 0) is 30.9 Å². The third-order valence-corrected chi connectivity index (χ3v) is 4.89. The van der Waals surface area contributed by atoms with Crippen molar-refractivity contribution in [2.75, 3.05) is 38.3 Å². The molecule has 0 aromatic heterocycles. The first-order valence-corrected chi connectivity index (χ1v) is 8.67. The molecule has 0 amide bonds. The standard InChI is InChI=1S/C14H22N2O3S/c1-19-14-7-3-6-13(9-14)15-10-12-5-4-8-16(11-12)20(2,17)18/h3,6-7,9,12,15H,4-5,8,10-11H2,1-2H3. The molecule has 6 heteroatoms. The van der Waals surface area contributed by atoms with Gasteiger partial charge in [0.2, 0.25) is 10.0 Å². The molecule has 2 rings (SSSR count). The molecule has 0 bridgehead atoms. The van der Waals surface area contributed by atoms with Crippen molar-refractivity contribution >= 4 is 15.7 Å². The Balaban J connectivity index is 1.90. The highest BCUT2D eigenvalue weighted by atomic mass is 32.2. The Kier molecular flexibility index (Phi) is 4.88. The Labute approximate surface area is 121 Å². The largest absolute Gasteiger partial charge is 0.497 e. The smallest absolute Gasteiger partial charge is 0.211 e. The Bertz CT molecular complexity index is 545. The van der Waals surface area contributed by atoms with Gasteiger partial charge in [0.05, 0.1) is 13.4 Å². The molecule has 112 valence electrons. The summed E-state index contributed by atoms with van der Waals surface area (Å²) in [7, 11) is -1.42. The van der Waals surface area contributed by atoms with E-state index in [1.165, 1.54) is 6.26 Å². The van der Waals surface area contributed by atoms with E-state index in [0.29, 0.717) is 19.0 Å². The number of hydrogen-bond acceptors (Lipinski definition) is 4. The van der Waals surface area contributed by atoms with Crippen LogP contribution in [0.1, 0.15) is 12.8 Å². The van der Waals surface area contributed by atoms with Crippen LogP contribution in [-0.2, 0) is 10.0 Å². The van der Waals surface area contributed by atoms with E-state index in [1.54, 1.807) is 11.4 Å². The van der Waals surface area contributed by atoms with Gasteiger partial charge in [-0.25, -0.2) is 12.7 Å². The van der Waals surface area contributed by atoms with Crippen LogP contribution >= 0.6 is 0 Å². The maximum atomic E-state index is 11.6. The summed E-state index contributed by atoms with van der Waals surface area (Å²) in [6, 6.07) is 7.76. The van der Waals surface area contributed by atoms with Gasteiger partial charge in [0.25, 0.3) is 0 Å². The lowest BCUT2D eigenvalue weighted by atomic mass is 9.99. The van der Waals surface area contributed by atoms with Gasteiger partial charge in [-0.15, -0.1) is 0 Å². The molecule has 1 atom stereocenters. The molecule has 20 heavy (non-hydrogen) atoms. The fourth-order valence-electron chi connectivity index (χ4n) is 2.49. The van der Waals surface area contributed by atoms with Crippen molar-refractivity contribution in [3.63, 3.8) is 0 Å². The Morgan fingerprint density at radius 3 is 2.95 bits per heavy atom. The number of anilines is 1. The monoisotopic (exact) mass is 298 g/mol. The van der Waals surface area contributed by atoms with Gasteiger partial charge in [-0.2, -0.15) is 0 Å². The maximum Gasteiger partial charge on any atom is 0.211 e. The molecular formula is C14H22N2O3S. The molecule has 1 unspecified atom stereocenters. The number of nitrogens with one attached hydrogen (secondary N) is 1. The second kappa shape index (κ2) is 6.45. The van der Waals surface area contributed by atoms with E-state index in [0.717, 1.165) is 30.8 Å². The fraction of sp³-hybridized carbons (Fsp3) is 0.571. The number of piperidine rings is 1. The summed E-state index contributed by atoms with van der Waals surface area (Å²) in [5, 5.41) is 3.36. The molecule has 5 nitrogen and oxygen atoms in total. The van der Waals surface area contributed by atoms with Gasteiger partial charge in [0.15, 0.2) is 0 Å². The minimum absolute atomic E-state index is 0.352. The summed E-state index contributed by atoms with van der Waals surface area (Å²) in [4.78, 5) is 0. The normalized spacial score (nSPS) is 20.6. The maximum absolute atomic E-state index is 11.6. The summed E-state index contributed by atoms with van der Waals surface area (Å²) in [6.45, 7) is 2.03. The Morgan fingerprint density at radius 1 is 1.45 bits per heavy atom. The number of rotatable bonds is 5. The second-order valence-corrected chi connectivity index (χ2v) is 7.22. The van der Waals surface area contributed by atoms with Gasteiger partial charge < -0.3 is 10.1 Å². The van der Waals surface area contributed by atoms with Crippen LogP contribution in [0.3, 0.4) is 0 Å². The van der Waals surface area contributed by atoms with Crippen molar-refractivity contribution < 1.29 is 13.2 Å². The summed E-state index contributed by atoms with van der Waals surface area (Å²) in [5.41, 5.74) is 1.00. The average Bonchev–Trinajstić information content (AvgIpc) is 2.45. The number of benzene rings is 1. The lowest BCUT2D eigenvalue weighted by molar-refractivity contribution is 0.277. The van der Waals surface area contributed by atoms with Crippen LogP contribution in [0.4, 0.5) is 5.69 Å². The predicted molar refractivity (Wildman–Crippen MR) is 80.6 cm³/mol. The van der Waals surface area contributed by atoms with Crippen molar-refractivity contribution in [3.05, 3.63) is 24.3 Å². The van der Waals surface area contributed by atoms with Crippen molar-refractivity contribution in [1.29, 1.82) is 0 Å². The number of methoxy groups -OCH3 is 1. The Hall–Kier alpha value is -1.27. The lowest BCUT2D eigenvalue weighted by Crippen LogP contribution is -2.41. The molecule has 1 N–H and O–H groups in total. The molecule has 0 saturated carbocycles. The fourth-order valence-corrected chi connectivity index (χ4v) is 3.43. The number of sulfonamides is 1. The SMILES string of the molecule is COc1cccc(NCC2CCCN(S(C)(=O)=O)C2)c1. The van der Waals surface area contributed by atoms with Crippen LogP contribution in [0.2, 0.25) is 0 Å². The first-order chi connectivity index (χ1) is 9.49. The third-order valence-electron chi connectivity index (χ3n) is 3.62. The van der Waals surface area contributed by atoms with Gasteiger partial charge in [0.1, 0.15) is 5.75 Å². The third kappa shape index (κ3) is 4.11. The highest BCUT2D eigenvalue weighted by Gasteiger charge is 2.25. The number of nitrogens with zero attached hydrogens (tertiary/aromatic N) is 1. The summed E-state index contributed by atoms with van der Waals surface area (Å²) in [6.07, 6.45) is 3.27. The average molecular weight is 298 g/mol. The van der Waals surface area contributed by atoms with Gasteiger partial charge in [-0.1, -0.05) is 6.07 Å². The summed E-state index contributed by atoms with van der Waals surface area (Å²) < 4.78 is 29.9.